The molecule has 0 saturated carbocycles. The summed E-state index contributed by atoms with van der Waals surface area (Å²) >= 11 is 0. The van der Waals surface area contributed by atoms with Crippen molar-refractivity contribution in [3.8, 4) is 0 Å². The molecule has 1 saturated heterocycles. The van der Waals surface area contributed by atoms with Gasteiger partial charge >= 0.3 is 0 Å². The number of hydrogen-bond acceptors (Lipinski definition) is 3. The van der Waals surface area contributed by atoms with Gasteiger partial charge in [-0.1, -0.05) is 38.1 Å². The molecule has 0 radical (unpaired) electrons. The van der Waals surface area contributed by atoms with Gasteiger partial charge in [-0.3, -0.25) is 11.3 Å². The lowest BCUT2D eigenvalue weighted by atomic mass is 9.92. The second-order valence-corrected chi connectivity index (χ2v) is 6.03. The molecular formula is C16H26N2O. The van der Waals surface area contributed by atoms with E-state index in [9.17, 15) is 0 Å². The van der Waals surface area contributed by atoms with Crippen LogP contribution in [0.2, 0.25) is 0 Å². The van der Waals surface area contributed by atoms with E-state index in [1.54, 1.807) is 0 Å². The van der Waals surface area contributed by atoms with Crippen molar-refractivity contribution in [3.05, 3.63) is 35.4 Å². The molecular weight excluding hydrogens is 236 g/mol. The van der Waals surface area contributed by atoms with Gasteiger partial charge in [-0.05, 0) is 42.2 Å². The van der Waals surface area contributed by atoms with Crippen LogP contribution in [-0.2, 0) is 11.2 Å². The van der Waals surface area contributed by atoms with E-state index in [2.05, 4.69) is 43.5 Å². The van der Waals surface area contributed by atoms with Crippen LogP contribution in [0, 0.1) is 11.8 Å². The highest BCUT2D eigenvalue weighted by Crippen LogP contribution is 2.26. The van der Waals surface area contributed by atoms with Gasteiger partial charge in [-0.15, -0.1) is 0 Å². The monoisotopic (exact) mass is 262 g/mol. The van der Waals surface area contributed by atoms with Crippen LogP contribution in [0.25, 0.3) is 0 Å². The van der Waals surface area contributed by atoms with Gasteiger partial charge < -0.3 is 4.74 Å². The topological polar surface area (TPSA) is 47.3 Å². The number of nitrogens with two attached hydrogens (primary N) is 1. The van der Waals surface area contributed by atoms with Crippen LogP contribution in [0.4, 0.5) is 0 Å². The quantitative estimate of drug-likeness (QED) is 0.612. The van der Waals surface area contributed by atoms with Crippen molar-refractivity contribution < 1.29 is 4.74 Å². The second kappa shape index (κ2) is 7.04. The Morgan fingerprint density at radius 2 is 2.26 bits per heavy atom. The van der Waals surface area contributed by atoms with E-state index < -0.39 is 0 Å². The fourth-order valence-electron chi connectivity index (χ4n) is 2.81. The SMILES string of the molecule is CC(C)Cc1cccc(C(CC2CCOC2)NN)c1. The van der Waals surface area contributed by atoms with E-state index in [1.807, 2.05) is 0 Å². The van der Waals surface area contributed by atoms with Crippen molar-refractivity contribution in [1.29, 1.82) is 0 Å². The number of hydrogen-bond donors (Lipinski definition) is 2. The van der Waals surface area contributed by atoms with Gasteiger partial charge in [0, 0.05) is 19.3 Å². The van der Waals surface area contributed by atoms with Crippen molar-refractivity contribution in [3.63, 3.8) is 0 Å². The molecule has 0 aromatic heterocycles. The van der Waals surface area contributed by atoms with Gasteiger partial charge in [0.05, 0.1) is 0 Å². The maximum Gasteiger partial charge on any atom is 0.0495 e. The molecule has 2 atom stereocenters. The molecule has 1 aliphatic rings. The summed E-state index contributed by atoms with van der Waals surface area (Å²) in [5, 5.41) is 0. The number of hydrazine groups is 1. The standard InChI is InChI=1S/C16H26N2O/c1-12(2)8-13-4-3-5-15(9-13)16(18-17)10-14-6-7-19-11-14/h3-5,9,12,14,16,18H,6-8,10-11,17H2,1-2H3. The molecule has 2 rings (SSSR count). The van der Waals surface area contributed by atoms with Crippen LogP contribution in [0.1, 0.15) is 43.9 Å². The Kier molecular flexibility index (Phi) is 5.37. The largest absolute Gasteiger partial charge is 0.381 e. The Morgan fingerprint density at radius 3 is 2.89 bits per heavy atom. The van der Waals surface area contributed by atoms with Crippen molar-refractivity contribution in [1.82, 2.24) is 5.43 Å². The zero-order chi connectivity index (χ0) is 13.7. The van der Waals surface area contributed by atoms with Gasteiger partial charge in [-0.25, -0.2) is 0 Å². The summed E-state index contributed by atoms with van der Waals surface area (Å²) in [6.45, 7) is 6.28. The fourth-order valence-corrected chi connectivity index (χ4v) is 2.81. The summed E-state index contributed by atoms with van der Waals surface area (Å²) in [6.07, 6.45) is 3.34. The minimum absolute atomic E-state index is 0.235. The van der Waals surface area contributed by atoms with Crippen molar-refractivity contribution >= 4 is 0 Å². The minimum atomic E-state index is 0.235. The summed E-state index contributed by atoms with van der Waals surface area (Å²) in [7, 11) is 0. The Morgan fingerprint density at radius 1 is 1.42 bits per heavy atom. The molecule has 1 aliphatic heterocycles. The maximum atomic E-state index is 5.74. The first-order valence-electron chi connectivity index (χ1n) is 7.31. The number of benzene rings is 1. The van der Waals surface area contributed by atoms with Crippen molar-refractivity contribution in [2.24, 2.45) is 17.7 Å². The maximum absolute atomic E-state index is 5.74. The zero-order valence-electron chi connectivity index (χ0n) is 12.1. The highest BCUT2D eigenvalue weighted by atomic mass is 16.5. The number of ether oxygens (including phenoxy) is 1. The number of rotatable bonds is 6. The third kappa shape index (κ3) is 4.30. The van der Waals surface area contributed by atoms with Crippen LogP contribution in [0.5, 0.6) is 0 Å². The molecule has 3 N–H and O–H groups in total. The first kappa shape index (κ1) is 14.5. The Balaban J connectivity index is 2.04. The van der Waals surface area contributed by atoms with Gasteiger partial charge in [0.15, 0.2) is 0 Å². The lowest BCUT2D eigenvalue weighted by Crippen LogP contribution is -2.30. The number of nitrogens with one attached hydrogen (secondary N) is 1. The first-order chi connectivity index (χ1) is 9.19. The second-order valence-electron chi connectivity index (χ2n) is 6.03. The van der Waals surface area contributed by atoms with Crippen LogP contribution in [0.15, 0.2) is 24.3 Å². The van der Waals surface area contributed by atoms with Crippen molar-refractivity contribution in [2.45, 2.75) is 39.2 Å². The van der Waals surface area contributed by atoms with E-state index in [4.69, 9.17) is 10.6 Å². The predicted octanol–water partition coefficient (Wildman–Crippen LogP) is 2.82. The van der Waals surface area contributed by atoms with Crippen LogP contribution in [0.3, 0.4) is 0 Å². The van der Waals surface area contributed by atoms with Crippen LogP contribution in [-0.4, -0.2) is 13.2 Å². The molecule has 106 valence electrons. The molecule has 1 heterocycles. The molecule has 1 aromatic carbocycles. The Bertz CT molecular complexity index is 386. The van der Waals surface area contributed by atoms with Gasteiger partial charge in [-0.2, -0.15) is 0 Å². The average molecular weight is 262 g/mol. The lowest BCUT2D eigenvalue weighted by molar-refractivity contribution is 0.181. The highest BCUT2D eigenvalue weighted by molar-refractivity contribution is 5.26. The molecule has 3 heteroatoms. The molecule has 0 spiro atoms. The van der Waals surface area contributed by atoms with E-state index >= 15 is 0 Å². The van der Waals surface area contributed by atoms with Crippen molar-refractivity contribution in [2.75, 3.05) is 13.2 Å². The highest BCUT2D eigenvalue weighted by Gasteiger charge is 2.21. The average Bonchev–Trinajstić information content (AvgIpc) is 2.88. The van der Waals surface area contributed by atoms with Gasteiger partial charge in [0.2, 0.25) is 0 Å². The van der Waals surface area contributed by atoms with Crippen LogP contribution < -0.4 is 11.3 Å². The summed E-state index contributed by atoms with van der Waals surface area (Å²) in [5.74, 6) is 7.06. The summed E-state index contributed by atoms with van der Waals surface area (Å²) < 4.78 is 5.45. The summed E-state index contributed by atoms with van der Waals surface area (Å²) in [5.41, 5.74) is 5.67. The molecule has 0 aliphatic carbocycles. The third-order valence-corrected chi connectivity index (χ3v) is 3.79. The lowest BCUT2D eigenvalue weighted by Gasteiger charge is -2.20. The van der Waals surface area contributed by atoms with E-state index in [1.165, 1.54) is 11.1 Å². The molecule has 19 heavy (non-hydrogen) atoms. The van der Waals surface area contributed by atoms with E-state index in [-0.39, 0.29) is 6.04 Å². The molecule has 3 nitrogen and oxygen atoms in total. The minimum Gasteiger partial charge on any atom is -0.381 e. The smallest absolute Gasteiger partial charge is 0.0495 e. The van der Waals surface area contributed by atoms with Gasteiger partial charge in [0.1, 0.15) is 0 Å². The fraction of sp³-hybridized carbons (Fsp3) is 0.625. The predicted molar refractivity (Wildman–Crippen MR) is 78.6 cm³/mol. The molecule has 2 unspecified atom stereocenters. The van der Waals surface area contributed by atoms with E-state index in [0.717, 1.165) is 32.5 Å². The normalized spacial score (nSPS) is 20.9. The molecule has 1 fully saturated rings. The molecule has 1 aromatic rings. The first-order valence-corrected chi connectivity index (χ1v) is 7.31. The Labute approximate surface area is 116 Å². The van der Waals surface area contributed by atoms with E-state index in [0.29, 0.717) is 11.8 Å². The summed E-state index contributed by atoms with van der Waals surface area (Å²) in [6, 6.07) is 9.04. The van der Waals surface area contributed by atoms with Crippen LogP contribution >= 0.6 is 0 Å². The van der Waals surface area contributed by atoms with Gasteiger partial charge in [0.25, 0.3) is 0 Å². The summed E-state index contributed by atoms with van der Waals surface area (Å²) in [4.78, 5) is 0. The third-order valence-electron chi connectivity index (χ3n) is 3.79. The molecule has 0 bridgehead atoms. The molecule has 0 amide bonds. The Hall–Kier alpha value is -0.900. The zero-order valence-corrected chi connectivity index (χ0v) is 12.1.